The summed E-state index contributed by atoms with van der Waals surface area (Å²) < 4.78 is 15.9. The number of anilines is 2. The molecule has 0 atom stereocenters. The predicted octanol–water partition coefficient (Wildman–Crippen LogP) is 2.76. The van der Waals surface area contributed by atoms with Crippen LogP contribution in [0.2, 0.25) is 0 Å². The second-order valence-electron chi connectivity index (χ2n) is 5.83. The van der Waals surface area contributed by atoms with Gasteiger partial charge in [-0.15, -0.1) is 0 Å². The second-order valence-corrected chi connectivity index (χ2v) is 5.83. The largest absolute Gasteiger partial charge is 0.493 e. The van der Waals surface area contributed by atoms with Crippen molar-refractivity contribution < 1.29 is 19.0 Å². The van der Waals surface area contributed by atoms with Gasteiger partial charge < -0.3 is 24.8 Å². The topological polar surface area (TPSA) is 107 Å². The van der Waals surface area contributed by atoms with E-state index >= 15 is 0 Å². The number of methoxy groups -OCH3 is 3. The molecule has 9 heteroatoms. The van der Waals surface area contributed by atoms with E-state index in [0.29, 0.717) is 35.3 Å². The lowest BCUT2D eigenvalue weighted by atomic mass is 10.2. The van der Waals surface area contributed by atoms with Gasteiger partial charge in [-0.2, -0.15) is 0 Å². The Hall–Kier alpha value is -3.88. The molecule has 0 spiro atoms. The molecule has 3 aromatic rings. The van der Waals surface area contributed by atoms with Gasteiger partial charge >= 0.3 is 0 Å². The van der Waals surface area contributed by atoms with Crippen LogP contribution < -0.4 is 24.8 Å². The summed E-state index contributed by atoms with van der Waals surface area (Å²) in [5.41, 5.74) is 1.52. The minimum Gasteiger partial charge on any atom is -0.493 e. The standard InChI is InChI=1S/C20H21N5O4/c1-27-16-8-14(9-17(28-2)19(16)29-3)25-20(26)15-11-24-18(12-22-15)23-10-13-6-4-5-7-21-13/h4-9,11-12H,10H2,1-3H3,(H,23,24)(H,25,26). The molecule has 2 N–H and O–H groups in total. The van der Waals surface area contributed by atoms with Gasteiger partial charge in [0.1, 0.15) is 11.5 Å². The van der Waals surface area contributed by atoms with Crippen molar-refractivity contribution in [2.75, 3.05) is 32.0 Å². The highest BCUT2D eigenvalue weighted by molar-refractivity contribution is 6.03. The van der Waals surface area contributed by atoms with E-state index in [2.05, 4.69) is 25.6 Å². The molecule has 150 valence electrons. The molecule has 9 nitrogen and oxygen atoms in total. The average Bonchev–Trinajstić information content (AvgIpc) is 2.77. The molecule has 0 aliphatic carbocycles. The fourth-order valence-corrected chi connectivity index (χ4v) is 2.57. The van der Waals surface area contributed by atoms with Crippen LogP contribution in [0.25, 0.3) is 0 Å². The molecule has 1 aromatic carbocycles. The van der Waals surface area contributed by atoms with Crippen molar-refractivity contribution in [1.82, 2.24) is 15.0 Å². The molecular formula is C20H21N5O4. The van der Waals surface area contributed by atoms with E-state index in [1.54, 1.807) is 18.3 Å². The normalized spacial score (nSPS) is 10.2. The maximum absolute atomic E-state index is 12.5. The highest BCUT2D eigenvalue weighted by atomic mass is 16.5. The smallest absolute Gasteiger partial charge is 0.275 e. The maximum atomic E-state index is 12.5. The van der Waals surface area contributed by atoms with Gasteiger partial charge in [0.15, 0.2) is 11.5 Å². The molecule has 0 unspecified atom stereocenters. The third-order valence-electron chi connectivity index (χ3n) is 3.98. The Bertz CT molecular complexity index is 939. The number of aromatic nitrogens is 3. The van der Waals surface area contributed by atoms with E-state index in [1.165, 1.54) is 33.7 Å². The lowest BCUT2D eigenvalue weighted by molar-refractivity contribution is 0.102. The molecule has 0 aliphatic heterocycles. The third-order valence-corrected chi connectivity index (χ3v) is 3.98. The Labute approximate surface area is 168 Å². The summed E-state index contributed by atoms with van der Waals surface area (Å²) in [5.74, 6) is 1.43. The number of ether oxygens (including phenoxy) is 3. The number of hydrogen-bond acceptors (Lipinski definition) is 8. The lowest BCUT2D eigenvalue weighted by Crippen LogP contribution is -2.15. The van der Waals surface area contributed by atoms with Crippen molar-refractivity contribution in [3.63, 3.8) is 0 Å². The molecule has 0 saturated heterocycles. The minimum absolute atomic E-state index is 0.169. The van der Waals surface area contributed by atoms with Gasteiger partial charge in [-0.25, -0.2) is 9.97 Å². The van der Waals surface area contributed by atoms with Gasteiger partial charge in [-0.05, 0) is 12.1 Å². The number of nitrogens with one attached hydrogen (secondary N) is 2. The van der Waals surface area contributed by atoms with Crippen LogP contribution in [0.3, 0.4) is 0 Å². The Kier molecular flexibility index (Phi) is 6.41. The maximum Gasteiger partial charge on any atom is 0.275 e. The summed E-state index contributed by atoms with van der Waals surface area (Å²) in [5, 5.41) is 5.85. The van der Waals surface area contributed by atoms with E-state index in [9.17, 15) is 4.79 Å². The van der Waals surface area contributed by atoms with Crippen molar-refractivity contribution >= 4 is 17.4 Å². The van der Waals surface area contributed by atoms with Crippen LogP contribution in [0, 0.1) is 0 Å². The Balaban J connectivity index is 1.68. The zero-order valence-electron chi connectivity index (χ0n) is 16.3. The summed E-state index contributed by atoms with van der Waals surface area (Å²) in [6, 6.07) is 8.93. The van der Waals surface area contributed by atoms with Gasteiger partial charge in [0.2, 0.25) is 5.75 Å². The Morgan fingerprint density at radius 1 is 0.966 bits per heavy atom. The SMILES string of the molecule is COc1cc(NC(=O)c2cnc(NCc3ccccn3)cn2)cc(OC)c1OC. The van der Waals surface area contributed by atoms with Crippen LogP contribution >= 0.6 is 0 Å². The summed E-state index contributed by atoms with van der Waals surface area (Å²) in [7, 11) is 4.52. The fourth-order valence-electron chi connectivity index (χ4n) is 2.57. The van der Waals surface area contributed by atoms with Crippen molar-refractivity contribution in [2.45, 2.75) is 6.54 Å². The number of benzene rings is 1. The van der Waals surface area contributed by atoms with Crippen LogP contribution in [-0.2, 0) is 6.54 Å². The van der Waals surface area contributed by atoms with Crippen molar-refractivity contribution in [2.24, 2.45) is 0 Å². The Morgan fingerprint density at radius 2 is 1.72 bits per heavy atom. The lowest BCUT2D eigenvalue weighted by Gasteiger charge is -2.14. The molecular weight excluding hydrogens is 374 g/mol. The van der Waals surface area contributed by atoms with Crippen molar-refractivity contribution in [3.8, 4) is 17.2 Å². The summed E-state index contributed by atoms with van der Waals surface area (Å²) in [6.07, 6.45) is 4.61. The first-order valence-electron chi connectivity index (χ1n) is 8.71. The number of rotatable bonds is 8. The second kappa shape index (κ2) is 9.36. The van der Waals surface area contributed by atoms with Gasteiger partial charge in [0.25, 0.3) is 5.91 Å². The third kappa shape index (κ3) is 4.89. The van der Waals surface area contributed by atoms with Crippen molar-refractivity contribution in [1.29, 1.82) is 0 Å². The van der Waals surface area contributed by atoms with E-state index in [0.717, 1.165) is 5.69 Å². The highest BCUT2D eigenvalue weighted by Crippen LogP contribution is 2.39. The average molecular weight is 395 g/mol. The van der Waals surface area contributed by atoms with Gasteiger partial charge in [-0.1, -0.05) is 6.07 Å². The van der Waals surface area contributed by atoms with E-state index in [-0.39, 0.29) is 5.69 Å². The highest BCUT2D eigenvalue weighted by Gasteiger charge is 2.16. The quantitative estimate of drug-likeness (QED) is 0.600. The molecule has 0 saturated carbocycles. The number of carbonyl (C=O) groups excluding carboxylic acids is 1. The zero-order valence-corrected chi connectivity index (χ0v) is 16.3. The van der Waals surface area contributed by atoms with E-state index in [4.69, 9.17) is 14.2 Å². The Morgan fingerprint density at radius 3 is 2.28 bits per heavy atom. The van der Waals surface area contributed by atoms with Gasteiger partial charge in [0, 0.05) is 24.0 Å². The summed E-state index contributed by atoms with van der Waals surface area (Å²) in [6.45, 7) is 0.506. The summed E-state index contributed by atoms with van der Waals surface area (Å²) >= 11 is 0. The molecule has 0 radical (unpaired) electrons. The van der Waals surface area contributed by atoms with E-state index < -0.39 is 5.91 Å². The summed E-state index contributed by atoms with van der Waals surface area (Å²) in [4.78, 5) is 25.1. The monoisotopic (exact) mass is 395 g/mol. The molecule has 0 aliphatic rings. The number of carbonyl (C=O) groups is 1. The van der Waals surface area contributed by atoms with Crippen LogP contribution in [0.1, 0.15) is 16.2 Å². The first kappa shape index (κ1) is 19.9. The number of pyridine rings is 1. The zero-order chi connectivity index (χ0) is 20.6. The number of hydrogen-bond donors (Lipinski definition) is 2. The first-order chi connectivity index (χ1) is 14.1. The first-order valence-corrected chi connectivity index (χ1v) is 8.71. The molecule has 2 aromatic heterocycles. The number of nitrogens with zero attached hydrogens (tertiary/aromatic N) is 3. The molecule has 29 heavy (non-hydrogen) atoms. The molecule has 3 rings (SSSR count). The van der Waals surface area contributed by atoms with Crippen LogP contribution in [0.4, 0.5) is 11.5 Å². The molecule has 0 fully saturated rings. The fraction of sp³-hybridized carbons (Fsp3) is 0.200. The van der Waals surface area contributed by atoms with Crippen molar-refractivity contribution in [3.05, 3.63) is 60.3 Å². The van der Waals surface area contributed by atoms with Crippen LogP contribution in [0.15, 0.2) is 48.9 Å². The van der Waals surface area contributed by atoms with Crippen LogP contribution in [-0.4, -0.2) is 42.2 Å². The molecule has 2 heterocycles. The van der Waals surface area contributed by atoms with Crippen LogP contribution in [0.5, 0.6) is 17.2 Å². The number of amides is 1. The molecule has 0 bridgehead atoms. The molecule has 1 amide bonds. The predicted molar refractivity (Wildman–Crippen MR) is 108 cm³/mol. The minimum atomic E-state index is -0.414. The van der Waals surface area contributed by atoms with Gasteiger partial charge in [-0.3, -0.25) is 9.78 Å². The van der Waals surface area contributed by atoms with Gasteiger partial charge in [0.05, 0.1) is 46.0 Å². The van der Waals surface area contributed by atoms with E-state index in [1.807, 2.05) is 18.2 Å².